The summed E-state index contributed by atoms with van der Waals surface area (Å²) in [4.78, 5) is 0. The van der Waals surface area contributed by atoms with E-state index in [9.17, 15) is 0 Å². The number of allylic oxidation sites excluding steroid dienone is 3. The van der Waals surface area contributed by atoms with Gasteiger partial charge in [0.2, 0.25) is 0 Å². The Bertz CT molecular complexity index is 362. The molecule has 0 amide bonds. The molecule has 0 radical (unpaired) electrons. The van der Waals surface area contributed by atoms with Gasteiger partial charge in [-0.15, -0.1) is 6.58 Å². The molecule has 0 bridgehead atoms. The van der Waals surface area contributed by atoms with Crippen LogP contribution < -0.4 is 0 Å². The van der Waals surface area contributed by atoms with E-state index < -0.39 is 0 Å². The number of hydrogen-bond donors (Lipinski definition) is 0. The fourth-order valence-corrected chi connectivity index (χ4v) is 4.77. The zero-order valence-corrected chi connectivity index (χ0v) is 12.8. The Kier molecular flexibility index (Phi) is 4.71. The second-order valence-corrected chi connectivity index (χ2v) is 6.62. The van der Waals surface area contributed by atoms with Gasteiger partial charge in [-0.2, -0.15) is 0 Å². The molecule has 0 aliphatic heterocycles. The number of hydrogen-bond acceptors (Lipinski definition) is 0. The summed E-state index contributed by atoms with van der Waals surface area (Å²) < 4.78 is 0. The third kappa shape index (κ3) is 2.59. The molecule has 0 aromatic carbocycles. The normalized spacial score (nSPS) is 38.9. The molecule has 0 heteroatoms. The molecule has 3 unspecified atom stereocenters. The molecule has 0 heterocycles. The van der Waals surface area contributed by atoms with Crippen molar-refractivity contribution in [3.63, 3.8) is 0 Å². The first-order chi connectivity index (χ1) is 9.13. The van der Waals surface area contributed by atoms with E-state index in [0.29, 0.717) is 11.8 Å². The van der Waals surface area contributed by atoms with Gasteiger partial charge in [0, 0.05) is 0 Å². The smallest absolute Gasteiger partial charge is 0.0136 e. The van der Waals surface area contributed by atoms with Gasteiger partial charge in [-0.1, -0.05) is 50.6 Å². The van der Waals surface area contributed by atoms with Crippen LogP contribution >= 0.6 is 0 Å². The molecule has 5 atom stereocenters. The zero-order chi connectivity index (χ0) is 14.0. The van der Waals surface area contributed by atoms with Gasteiger partial charge in [-0.05, 0) is 61.7 Å². The van der Waals surface area contributed by atoms with Crippen LogP contribution in [0.1, 0.15) is 52.4 Å². The van der Waals surface area contributed by atoms with Crippen molar-refractivity contribution in [2.24, 2.45) is 29.6 Å². The molecule has 106 valence electrons. The van der Waals surface area contributed by atoms with E-state index >= 15 is 0 Å². The lowest BCUT2D eigenvalue weighted by molar-refractivity contribution is 0.0858. The Morgan fingerprint density at radius 3 is 2.47 bits per heavy atom. The highest BCUT2D eigenvalue weighted by Gasteiger charge is 2.45. The molecule has 0 aromatic rings. The molecule has 0 saturated heterocycles. The first-order valence-electron chi connectivity index (χ1n) is 8.11. The van der Waals surface area contributed by atoms with Crippen molar-refractivity contribution < 1.29 is 0 Å². The lowest BCUT2D eigenvalue weighted by Crippen LogP contribution is -2.42. The minimum absolute atomic E-state index is 0.632. The van der Waals surface area contributed by atoms with Gasteiger partial charge in [0.25, 0.3) is 0 Å². The van der Waals surface area contributed by atoms with Crippen molar-refractivity contribution in [2.45, 2.75) is 52.4 Å². The highest BCUT2D eigenvalue weighted by atomic mass is 14.5. The van der Waals surface area contributed by atoms with Crippen LogP contribution in [0.15, 0.2) is 37.0 Å². The number of fused-ring (bicyclic) bond motifs is 1. The van der Waals surface area contributed by atoms with Crippen molar-refractivity contribution in [1.29, 1.82) is 0 Å². The Morgan fingerprint density at radius 2 is 1.89 bits per heavy atom. The van der Waals surface area contributed by atoms with Gasteiger partial charge in [-0.3, -0.25) is 0 Å². The van der Waals surface area contributed by atoms with Gasteiger partial charge in [0.1, 0.15) is 0 Å². The molecule has 0 spiro atoms. The molecule has 0 nitrogen and oxygen atoms in total. The third-order valence-electron chi connectivity index (χ3n) is 5.65. The standard InChI is InChI=1S/C19H30/c1-6-9-17-14(5)15(7-2)16(8-3)19-12-13(4)10-11-18(17)19/h8,15-19H,3-7,9-12H2,1-2H3/t15?,16-,17+,18?,19?/m0/s1. The molecule has 2 saturated carbocycles. The maximum Gasteiger partial charge on any atom is -0.0136 e. The van der Waals surface area contributed by atoms with Crippen molar-refractivity contribution in [3.05, 3.63) is 37.0 Å². The summed E-state index contributed by atoms with van der Waals surface area (Å²) in [5.41, 5.74) is 2.99. The Morgan fingerprint density at radius 1 is 1.16 bits per heavy atom. The van der Waals surface area contributed by atoms with E-state index in [1.54, 1.807) is 0 Å². The molecule has 0 aromatic heterocycles. The van der Waals surface area contributed by atoms with E-state index in [2.05, 4.69) is 39.7 Å². The SMILES string of the molecule is C=C[C@H]1C(CC)C(=C)[C@@H](CCC)C2CCC(=C)CC21. The number of rotatable bonds is 4. The van der Waals surface area contributed by atoms with Gasteiger partial charge in [0.15, 0.2) is 0 Å². The topological polar surface area (TPSA) is 0 Å². The highest BCUT2D eigenvalue weighted by Crippen LogP contribution is 2.54. The van der Waals surface area contributed by atoms with Crippen molar-refractivity contribution in [1.82, 2.24) is 0 Å². The molecule has 2 rings (SSSR count). The summed E-state index contributed by atoms with van der Waals surface area (Å²) in [6, 6.07) is 0. The van der Waals surface area contributed by atoms with Gasteiger partial charge < -0.3 is 0 Å². The van der Waals surface area contributed by atoms with E-state index in [1.165, 1.54) is 49.7 Å². The van der Waals surface area contributed by atoms with Gasteiger partial charge in [0.05, 0.1) is 0 Å². The highest BCUT2D eigenvalue weighted by molar-refractivity contribution is 5.21. The second kappa shape index (κ2) is 6.11. The van der Waals surface area contributed by atoms with Crippen LogP contribution in [-0.4, -0.2) is 0 Å². The van der Waals surface area contributed by atoms with Crippen LogP contribution in [-0.2, 0) is 0 Å². The monoisotopic (exact) mass is 258 g/mol. The average molecular weight is 258 g/mol. The summed E-state index contributed by atoms with van der Waals surface area (Å²) in [7, 11) is 0. The summed E-state index contributed by atoms with van der Waals surface area (Å²) in [6.45, 7) is 17.5. The molecular weight excluding hydrogens is 228 g/mol. The van der Waals surface area contributed by atoms with Crippen LogP contribution in [0.5, 0.6) is 0 Å². The van der Waals surface area contributed by atoms with Crippen molar-refractivity contribution >= 4 is 0 Å². The summed E-state index contributed by atoms with van der Waals surface area (Å²) in [6.07, 6.45) is 9.83. The van der Waals surface area contributed by atoms with Crippen LogP contribution in [0.4, 0.5) is 0 Å². The van der Waals surface area contributed by atoms with E-state index in [0.717, 1.165) is 17.8 Å². The molecule has 2 fully saturated rings. The Hall–Kier alpha value is -0.780. The average Bonchev–Trinajstić information content (AvgIpc) is 2.41. The van der Waals surface area contributed by atoms with Crippen LogP contribution in [0.2, 0.25) is 0 Å². The van der Waals surface area contributed by atoms with E-state index in [4.69, 9.17) is 0 Å². The summed E-state index contributed by atoms with van der Waals surface area (Å²) >= 11 is 0. The molecule has 2 aliphatic carbocycles. The lowest BCUT2D eigenvalue weighted by atomic mass is 9.54. The minimum atomic E-state index is 0.632. The first-order valence-corrected chi connectivity index (χ1v) is 8.11. The predicted molar refractivity (Wildman–Crippen MR) is 85.0 cm³/mol. The maximum absolute atomic E-state index is 4.50. The zero-order valence-electron chi connectivity index (χ0n) is 12.8. The Labute approximate surface area is 119 Å². The van der Waals surface area contributed by atoms with E-state index in [-0.39, 0.29) is 0 Å². The molecule has 0 N–H and O–H groups in total. The fourth-order valence-electron chi connectivity index (χ4n) is 4.77. The fraction of sp³-hybridized carbons (Fsp3) is 0.684. The third-order valence-corrected chi connectivity index (χ3v) is 5.65. The van der Waals surface area contributed by atoms with Crippen LogP contribution in [0, 0.1) is 29.6 Å². The largest absolute Gasteiger partial charge is 0.103 e. The molecular formula is C19H30. The van der Waals surface area contributed by atoms with Crippen molar-refractivity contribution in [2.75, 3.05) is 0 Å². The minimum Gasteiger partial charge on any atom is -0.103 e. The summed E-state index contributed by atoms with van der Waals surface area (Å²) in [5, 5.41) is 0. The van der Waals surface area contributed by atoms with Crippen molar-refractivity contribution in [3.8, 4) is 0 Å². The van der Waals surface area contributed by atoms with Gasteiger partial charge >= 0.3 is 0 Å². The predicted octanol–water partition coefficient (Wildman–Crippen LogP) is 5.77. The molecule has 2 aliphatic rings. The lowest BCUT2D eigenvalue weighted by Gasteiger charge is -2.51. The maximum atomic E-state index is 4.50. The quantitative estimate of drug-likeness (QED) is 0.561. The van der Waals surface area contributed by atoms with Crippen LogP contribution in [0.3, 0.4) is 0 Å². The van der Waals surface area contributed by atoms with Crippen LogP contribution in [0.25, 0.3) is 0 Å². The van der Waals surface area contributed by atoms with Gasteiger partial charge in [-0.25, -0.2) is 0 Å². The molecule has 19 heavy (non-hydrogen) atoms. The summed E-state index contributed by atoms with van der Waals surface area (Å²) in [5.74, 6) is 3.66. The Balaban J connectivity index is 2.31. The second-order valence-electron chi connectivity index (χ2n) is 6.62. The first kappa shape index (κ1) is 14.6. The van der Waals surface area contributed by atoms with E-state index in [1.807, 2.05) is 0 Å².